The van der Waals surface area contributed by atoms with Crippen molar-refractivity contribution in [3.63, 3.8) is 0 Å². The lowest BCUT2D eigenvalue weighted by atomic mass is 10.1. The molecule has 14 heavy (non-hydrogen) atoms. The van der Waals surface area contributed by atoms with Crippen molar-refractivity contribution < 1.29 is 4.74 Å². The maximum Gasteiger partial charge on any atom is 0.0643 e. The van der Waals surface area contributed by atoms with Gasteiger partial charge < -0.3 is 4.74 Å². The molecule has 0 aromatic rings. The normalized spacial score (nSPS) is 14.2. The van der Waals surface area contributed by atoms with Crippen LogP contribution in [-0.2, 0) is 4.74 Å². The second kappa shape index (κ2) is 10.5. The van der Waals surface area contributed by atoms with E-state index in [-0.39, 0.29) is 0 Å². The van der Waals surface area contributed by atoms with Crippen LogP contribution < -0.4 is 0 Å². The Labute approximate surface area is 88.9 Å². The number of hydrogen-bond acceptors (Lipinski definition) is 1. The third-order valence-electron chi connectivity index (χ3n) is 2.12. The second-order valence-electron chi connectivity index (χ2n) is 3.46. The zero-order valence-corrected chi connectivity index (χ0v) is 9.83. The highest BCUT2D eigenvalue weighted by Gasteiger charge is 2.03. The lowest BCUT2D eigenvalue weighted by Crippen LogP contribution is -2.11. The SMILES string of the molecule is CC=CCC(CC=CC)OCCCC. The molecule has 0 aromatic carbocycles. The van der Waals surface area contributed by atoms with Gasteiger partial charge in [0.25, 0.3) is 0 Å². The summed E-state index contributed by atoms with van der Waals surface area (Å²) in [5.41, 5.74) is 0. The Morgan fingerprint density at radius 1 is 1.07 bits per heavy atom. The molecule has 0 radical (unpaired) electrons. The van der Waals surface area contributed by atoms with Crippen molar-refractivity contribution in [2.45, 2.75) is 52.6 Å². The standard InChI is InChI=1S/C13H24O/c1-4-7-10-13(11-8-5-2)14-12-9-6-3/h4-5,7-8,13H,6,9-12H2,1-3H3. The van der Waals surface area contributed by atoms with Gasteiger partial charge in [-0.1, -0.05) is 37.6 Å². The smallest absolute Gasteiger partial charge is 0.0643 e. The summed E-state index contributed by atoms with van der Waals surface area (Å²) in [7, 11) is 0. The topological polar surface area (TPSA) is 9.23 Å². The predicted molar refractivity (Wildman–Crippen MR) is 63.5 cm³/mol. The van der Waals surface area contributed by atoms with E-state index in [0.717, 1.165) is 19.4 Å². The highest BCUT2D eigenvalue weighted by molar-refractivity contribution is 4.86. The van der Waals surface area contributed by atoms with Crippen molar-refractivity contribution in [1.82, 2.24) is 0 Å². The van der Waals surface area contributed by atoms with Crippen LogP contribution in [0.15, 0.2) is 24.3 Å². The van der Waals surface area contributed by atoms with Gasteiger partial charge in [-0.3, -0.25) is 0 Å². The van der Waals surface area contributed by atoms with Crippen molar-refractivity contribution in [2.24, 2.45) is 0 Å². The first-order chi connectivity index (χ1) is 6.85. The van der Waals surface area contributed by atoms with E-state index < -0.39 is 0 Å². The van der Waals surface area contributed by atoms with Crippen LogP contribution in [0.5, 0.6) is 0 Å². The molecular weight excluding hydrogens is 172 g/mol. The average molecular weight is 196 g/mol. The molecule has 0 saturated heterocycles. The maximum atomic E-state index is 5.78. The summed E-state index contributed by atoms with van der Waals surface area (Å²) in [5.74, 6) is 0. The van der Waals surface area contributed by atoms with Crippen LogP contribution in [-0.4, -0.2) is 12.7 Å². The summed E-state index contributed by atoms with van der Waals surface area (Å²) in [5, 5.41) is 0. The fraction of sp³-hybridized carbons (Fsp3) is 0.692. The van der Waals surface area contributed by atoms with Crippen LogP contribution in [0.3, 0.4) is 0 Å². The first-order valence-electron chi connectivity index (χ1n) is 5.69. The van der Waals surface area contributed by atoms with E-state index in [4.69, 9.17) is 4.74 Å². The molecule has 0 unspecified atom stereocenters. The molecule has 0 aromatic heterocycles. The number of unbranched alkanes of at least 4 members (excludes halogenated alkanes) is 1. The maximum absolute atomic E-state index is 5.78. The molecule has 0 spiro atoms. The quantitative estimate of drug-likeness (QED) is 0.419. The lowest BCUT2D eigenvalue weighted by Gasteiger charge is -2.14. The van der Waals surface area contributed by atoms with Gasteiger partial charge in [0.2, 0.25) is 0 Å². The van der Waals surface area contributed by atoms with Gasteiger partial charge in [0, 0.05) is 6.61 Å². The van der Waals surface area contributed by atoms with Crippen LogP contribution in [0.4, 0.5) is 0 Å². The van der Waals surface area contributed by atoms with Crippen molar-refractivity contribution >= 4 is 0 Å². The van der Waals surface area contributed by atoms with Crippen molar-refractivity contribution in [2.75, 3.05) is 6.61 Å². The van der Waals surface area contributed by atoms with E-state index in [9.17, 15) is 0 Å². The van der Waals surface area contributed by atoms with Crippen LogP contribution in [0, 0.1) is 0 Å². The molecule has 1 nitrogen and oxygen atoms in total. The molecule has 82 valence electrons. The number of allylic oxidation sites excluding steroid dienone is 2. The van der Waals surface area contributed by atoms with Crippen molar-refractivity contribution in [3.8, 4) is 0 Å². The van der Waals surface area contributed by atoms with Gasteiger partial charge in [-0.05, 0) is 33.1 Å². The highest BCUT2D eigenvalue weighted by Crippen LogP contribution is 2.07. The summed E-state index contributed by atoms with van der Waals surface area (Å²) in [6.07, 6.45) is 13.4. The van der Waals surface area contributed by atoms with Crippen molar-refractivity contribution in [3.05, 3.63) is 24.3 Å². The van der Waals surface area contributed by atoms with E-state index in [0.29, 0.717) is 6.10 Å². The minimum atomic E-state index is 0.369. The Morgan fingerprint density at radius 2 is 1.64 bits per heavy atom. The molecule has 0 rings (SSSR count). The lowest BCUT2D eigenvalue weighted by molar-refractivity contribution is 0.0554. The van der Waals surface area contributed by atoms with Crippen LogP contribution in [0.1, 0.15) is 46.5 Å². The zero-order chi connectivity index (χ0) is 10.6. The molecular formula is C13H24O. The summed E-state index contributed by atoms with van der Waals surface area (Å²) in [4.78, 5) is 0. The molecule has 0 aliphatic heterocycles. The monoisotopic (exact) mass is 196 g/mol. The largest absolute Gasteiger partial charge is 0.378 e. The Bertz CT molecular complexity index is 145. The third-order valence-corrected chi connectivity index (χ3v) is 2.12. The molecule has 0 fully saturated rings. The van der Waals surface area contributed by atoms with Crippen LogP contribution >= 0.6 is 0 Å². The molecule has 0 bridgehead atoms. The minimum absolute atomic E-state index is 0.369. The molecule has 1 heteroatoms. The predicted octanol–water partition coefficient (Wildman–Crippen LogP) is 4.10. The van der Waals surface area contributed by atoms with E-state index in [1.54, 1.807) is 0 Å². The summed E-state index contributed by atoms with van der Waals surface area (Å²) >= 11 is 0. The Balaban J connectivity index is 3.71. The van der Waals surface area contributed by atoms with Gasteiger partial charge in [-0.25, -0.2) is 0 Å². The van der Waals surface area contributed by atoms with E-state index in [1.807, 2.05) is 0 Å². The average Bonchev–Trinajstić information content (AvgIpc) is 2.21. The molecule has 0 atom stereocenters. The molecule has 0 amide bonds. The fourth-order valence-corrected chi connectivity index (χ4v) is 1.20. The van der Waals surface area contributed by atoms with E-state index in [2.05, 4.69) is 45.1 Å². The first-order valence-corrected chi connectivity index (χ1v) is 5.69. The number of ether oxygens (including phenoxy) is 1. The van der Waals surface area contributed by atoms with E-state index >= 15 is 0 Å². The summed E-state index contributed by atoms with van der Waals surface area (Å²) in [6.45, 7) is 7.20. The Kier molecular flexibility index (Phi) is 10.1. The molecule has 0 saturated carbocycles. The first kappa shape index (κ1) is 13.4. The van der Waals surface area contributed by atoms with Gasteiger partial charge in [0.15, 0.2) is 0 Å². The van der Waals surface area contributed by atoms with Gasteiger partial charge in [0.1, 0.15) is 0 Å². The van der Waals surface area contributed by atoms with Gasteiger partial charge in [-0.2, -0.15) is 0 Å². The Morgan fingerprint density at radius 3 is 2.07 bits per heavy atom. The Hall–Kier alpha value is -0.560. The fourth-order valence-electron chi connectivity index (χ4n) is 1.20. The molecule has 0 heterocycles. The molecule has 0 aliphatic rings. The minimum Gasteiger partial charge on any atom is -0.378 e. The van der Waals surface area contributed by atoms with Crippen LogP contribution in [0.2, 0.25) is 0 Å². The van der Waals surface area contributed by atoms with Crippen LogP contribution in [0.25, 0.3) is 0 Å². The molecule has 0 N–H and O–H groups in total. The summed E-state index contributed by atoms with van der Waals surface area (Å²) in [6, 6.07) is 0. The van der Waals surface area contributed by atoms with E-state index in [1.165, 1.54) is 12.8 Å². The van der Waals surface area contributed by atoms with Gasteiger partial charge in [0.05, 0.1) is 6.10 Å². The third kappa shape index (κ3) is 8.06. The number of rotatable bonds is 8. The highest BCUT2D eigenvalue weighted by atomic mass is 16.5. The second-order valence-corrected chi connectivity index (χ2v) is 3.46. The van der Waals surface area contributed by atoms with Crippen molar-refractivity contribution in [1.29, 1.82) is 0 Å². The zero-order valence-electron chi connectivity index (χ0n) is 9.83. The summed E-state index contributed by atoms with van der Waals surface area (Å²) < 4.78 is 5.78. The van der Waals surface area contributed by atoms with Gasteiger partial charge in [-0.15, -0.1) is 0 Å². The van der Waals surface area contributed by atoms with Gasteiger partial charge >= 0.3 is 0 Å². The molecule has 0 aliphatic carbocycles. The number of hydrogen-bond donors (Lipinski definition) is 0.